The van der Waals surface area contributed by atoms with Gasteiger partial charge in [-0.05, 0) is 37.0 Å². The fourth-order valence-corrected chi connectivity index (χ4v) is 2.61. The number of nitrogens with two attached hydrogens (primary N) is 1. The van der Waals surface area contributed by atoms with E-state index in [1.807, 2.05) is 0 Å². The number of halogens is 1. The van der Waals surface area contributed by atoms with Gasteiger partial charge in [-0.25, -0.2) is 4.39 Å². The van der Waals surface area contributed by atoms with Gasteiger partial charge in [-0.2, -0.15) is 0 Å². The Hall–Kier alpha value is -1.39. The predicted octanol–water partition coefficient (Wildman–Crippen LogP) is 2.32. The van der Waals surface area contributed by atoms with E-state index in [4.69, 9.17) is 10.5 Å². The molecule has 0 bridgehead atoms. The summed E-state index contributed by atoms with van der Waals surface area (Å²) in [6.45, 7) is 6.01. The molecule has 1 atom stereocenters. The van der Waals surface area contributed by atoms with Crippen molar-refractivity contribution in [3.8, 4) is 0 Å². The van der Waals surface area contributed by atoms with Crippen LogP contribution in [0, 0.1) is 5.82 Å². The summed E-state index contributed by atoms with van der Waals surface area (Å²) in [5.74, 6) is -0.220. The maximum Gasteiger partial charge on any atom is 0.123 e. The van der Waals surface area contributed by atoms with Gasteiger partial charge in [-0.15, -0.1) is 0 Å². The van der Waals surface area contributed by atoms with Crippen LogP contribution in [0.15, 0.2) is 36.5 Å². The van der Waals surface area contributed by atoms with Crippen LogP contribution in [0.5, 0.6) is 0 Å². The van der Waals surface area contributed by atoms with E-state index in [1.54, 1.807) is 19.2 Å². The molecule has 1 aliphatic heterocycles. The van der Waals surface area contributed by atoms with Crippen LogP contribution in [0.1, 0.15) is 18.4 Å². The van der Waals surface area contributed by atoms with Gasteiger partial charge in [0.1, 0.15) is 5.82 Å². The van der Waals surface area contributed by atoms with Crippen molar-refractivity contribution in [3.63, 3.8) is 0 Å². The fraction of sp³-hybridized carbons (Fsp3) is 0.500. The standard InChI is InChI=1S/C16H23FN2O/c1-12(19-9-7-15(20-2)8-10-19)16(18)11-13-3-5-14(17)6-4-13/h3-6,15-16H,1,7-11,18H2,2H3/t16-/m1/s1. The average molecular weight is 278 g/mol. The highest BCUT2D eigenvalue weighted by Gasteiger charge is 2.22. The molecule has 1 aromatic rings. The molecule has 1 aromatic carbocycles. The van der Waals surface area contributed by atoms with Gasteiger partial charge in [0.05, 0.1) is 6.10 Å². The van der Waals surface area contributed by atoms with Crippen LogP contribution in [0.3, 0.4) is 0 Å². The SMILES string of the molecule is C=C([C@H](N)Cc1ccc(F)cc1)N1CCC(OC)CC1. The third kappa shape index (κ3) is 3.81. The number of methoxy groups -OCH3 is 1. The first-order valence-electron chi connectivity index (χ1n) is 7.06. The van der Waals surface area contributed by atoms with Crippen LogP contribution in [-0.2, 0) is 11.2 Å². The van der Waals surface area contributed by atoms with E-state index in [0.717, 1.165) is 37.2 Å². The van der Waals surface area contributed by atoms with Gasteiger partial charge in [0.25, 0.3) is 0 Å². The van der Waals surface area contributed by atoms with Crippen molar-refractivity contribution in [3.05, 3.63) is 47.9 Å². The van der Waals surface area contributed by atoms with E-state index in [1.165, 1.54) is 12.1 Å². The van der Waals surface area contributed by atoms with E-state index < -0.39 is 0 Å². The lowest BCUT2D eigenvalue weighted by Gasteiger charge is -2.36. The van der Waals surface area contributed by atoms with E-state index in [0.29, 0.717) is 12.5 Å². The fourth-order valence-electron chi connectivity index (χ4n) is 2.61. The van der Waals surface area contributed by atoms with Gasteiger partial charge >= 0.3 is 0 Å². The first-order valence-corrected chi connectivity index (χ1v) is 7.06. The summed E-state index contributed by atoms with van der Waals surface area (Å²) in [6, 6.07) is 6.36. The summed E-state index contributed by atoms with van der Waals surface area (Å²) < 4.78 is 18.2. The molecular formula is C16H23FN2O. The van der Waals surface area contributed by atoms with Crippen LogP contribution >= 0.6 is 0 Å². The lowest BCUT2D eigenvalue weighted by molar-refractivity contribution is 0.0489. The number of ether oxygens (including phenoxy) is 1. The highest BCUT2D eigenvalue weighted by Crippen LogP contribution is 2.19. The van der Waals surface area contributed by atoms with Crippen molar-refractivity contribution in [2.75, 3.05) is 20.2 Å². The van der Waals surface area contributed by atoms with Crippen LogP contribution in [0.25, 0.3) is 0 Å². The molecule has 4 heteroatoms. The molecule has 1 fully saturated rings. The Bertz CT molecular complexity index is 438. The molecule has 3 nitrogen and oxygen atoms in total. The Morgan fingerprint density at radius 2 is 2.00 bits per heavy atom. The molecule has 0 aromatic heterocycles. The molecule has 1 aliphatic rings. The van der Waals surface area contributed by atoms with Crippen molar-refractivity contribution >= 4 is 0 Å². The average Bonchev–Trinajstić information content (AvgIpc) is 2.49. The minimum Gasteiger partial charge on any atom is -0.381 e. The lowest BCUT2D eigenvalue weighted by Crippen LogP contribution is -2.42. The third-order valence-electron chi connectivity index (χ3n) is 3.98. The van der Waals surface area contributed by atoms with Crippen LogP contribution in [-0.4, -0.2) is 37.2 Å². The predicted molar refractivity (Wildman–Crippen MR) is 78.8 cm³/mol. The van der Waals surface area contributed by atoms with Gasteiger partial charge in [0, 0.05) is 31.9 Å². The van der Waals surface area contributed by atoms with E-state index in [2.05, 4.69) is 11.5 Å². The van der Waals surface area contributed by atoms with Gasteiger partial charge in [-0.1, -0.05) is 18.7 Å². The second-order valence-corrected chi connectivity index (χ2v) is 5.35. The Labute approximate surface area is 120 Å². The van der Waals surface area contributed by atoms with Crippen LogP contribution in [0.4, 0.5) is 4.39 Å². The zero-order chi connectivity index (χ0) is 14.5. The summed E-state index contributed by atoms with van der Waals surface area (Å²) in [6.07, 6.45) is 3.06. The molecule has 0 aliphatic carbocycles. The summed E-state index contributed by atoms with van der Waals surface area (Å²) in [7, 11) is 1.76. The van der Waals surface area contributed by atoms with Crippen LogP contribution < -0.4 is 5.73 Å². The minimum absolute atomic E-state index is 0.125. The number of piperidine rings is 1. The molecule has 0 unspecified atom stereocenters. The normalized spacial score (nSPS) is 18.1. The number of hydrogen-bond donors (Lipinski definition) is 1. The molecule has 2 rings (SSSR count). The van der Waals surface area contributed by atoms with Crippen molar-refractivity contribution in [2.45, 2.75) is 31.4 Å². The van der Waals surface area contributed by atoms with Gasteiger partial charge in [0.2, 0.25) is 0 Å². The largest absolute Gasteiger partial charge is 0.381 e. The topological polar surface area (TPSA) is 38.5 Å². The molecule has 1 saturated heterocycles. The smallest absolute Gasteiger partial charge is 0.123 e. The number of likely N-dealkylation sites (tertiary alicyclic amines) is 1. The van der Waals surface area contributed by atoms with Gasteiger partial charge < -0.3 is 15.4 Å². The maximum absolute atomic E-state index is 12.9. The van der Waals surface area contributed by atoms with Crippen molar-refractivity contribution in [1.82, 2.24) is 4.90 Å². The highest BCUT2D eigenvalue weighted by molar-refractivity contribution is 5.20. The number of benzene rings is 1. The second-order valence-electron chi connectivity index (χ2n) is 5.35. The molecule has 0 spiro atoms. The Morgan fingerprint density at radius 1 is 1.40 bits per heavy atom. The molecule has 110 valence electrons. The molecule has 0 radical (unpaired) electrons. The van der Waals surface area contributed by atoms with Crippen molar-refractivity contribution < 1.29 is 9.13 Å². The summed E-state index contributed by atoms with van der Waals surface area (Å²) in [5, 5.41) is 0. The summed E-state index contributed by atoms with van der Waals surface area (Å²) in [5.41, 5.74) is 8.22. The number of rotatable bonds is 5. The van der Waals surface area contributed by atoms with Crippen LogP contribution in [0.2, 0.25) is 0 Å². The maximum atomic E-state index is 12.9. The first-order chi connectivity index (χ1) is 9.60. The molecule has 20 heavy (non-hydrogen) atoms. The van der Waals surface area contributed by atoms with Crippen molar-refractivity contribution in [2.24, 2.45) is 5.73 Å². The molecular weight excluding hydrogens is 255 g/mol. The van der Waals surface area contributed by atoms with Gasteiger partial charge in [0.15, 0.2) is 0 Å². The highest BCUT2D eigenvalue weighted by atomic mass is 19.1. The third-order valence-corrected chi connectivity index (χ3v) is 3.98. The van der Waals surface area contributed by atoms with E-state index >= 15 is 0 Å². The van der Waals surface area contributed by atoms with Gasteiger partial charge in [-0.3, -0.25) is 0 Å². The van der Waals surface area contributed by atoms with Crippen molar-refractivity contribution in [1.29, 1.82) is 0 Å². The summed E-state index contributed by atoms with van der Waals surface area (Å²) >= 11 is 0. The minimum atomic E-state index is -0.220. The molecule has 1 heterocycles. The Kier molecular flexibility index (Phi) is 5.15. The van der Waals surface area contributed by atoms with E-state index in [-0.39, 0.29) is 11.9 Å². The Balaban J connectivity index is 1.87. The molecule has 0 saturated carbocycles. The lowest BCUT2D eigenvalue weighted by atomic mass is 10.0. The zero-order valence-corrected chi connectivity index (χ0v) is 12.0. The summed E-state index contributed by atoms with van der Waals surface area (Å²) in [4.78, 5) is 2.24. The quantitative estimate of drug-likeness (QED) is 0.898. The zero-order valence-electron chi connectivity index (χ0n) is 12.0. The molecule has 2 N–H and O–H groups in total. The Morgan fingerprint density at radius 3 is 2.55 bits per heavy atom. The van der Waals surface area contributed by atoms with E-state index in [9.17, 15) is 4.39 Å². The molecule has 0 amide bonds. The second kappa shape index (κ2) is 6.86. The monoisotopic (exact) mass is 278 g/mol. The first kappa shape index (κ1) is 15.0. The number of hydrogen-bond acceptors (Lipinski definition) is 3. The number of nitrogens with zero attached hydrogens (tertiary/aromatic N) is 1.